The largest absolute Gasteiger partial charge is 0.486 e. The highest BCUT2D eigenvalue weighted by atomic mass is 35.5. The molecule has 0 saturated carbocycles. The van der Waals surface area contributed by atoms with Crippen LogP contribution in [0, 0.1) is 0 Å². The number of anilines is 1. The maximum atomic E-state index is 12.1. The molecule has 0 radical (unpaired) electrons. The Morgan fingerprint density at radius 3 is 2.54 bits per heavy atom. The van der Waals surface area contributed by atoms with Crippen molar-refractivity contribution in [3.05, 3.63) is 64.9 Å². The van der Waals surface area contributed by atoms with E-state index in [4.69, 9.17) is 16.3 Å². The second-order valence-electron chi connectivity index (χ2n) is 6.09. The number of hydrogen-bond acceptors (Lipinski definition) is 5. The Bertz CT molecular complexity index is 926. The topological polar surface area (TPSA) is 69.0 Å². The van der Waals surface area contributed by atoms with Crippen molar-refractivity contribution >= 4 is 35.0 Å². The molecule has 0 bridgehead atoms. The lowest BCUT2D eigenvalue weighted by Crippen LogP contribution is -2.14. The molecule has 3 aromatic rings. The van der Waals surface area contributed by atoms with Crippen molar-refractivity contribution in [2.24, 2.45) is 7.05 Å². The van der Waals surface area contributed by atoms with E-state index in [2.05, 4.69) is 22.4 Å². The number of aromatic nitrogens is 3. The second kappa shape index (κ2) is 9.61. The third-order valence-electron chi connectivity index (χ3n) is 4.08. The van der Waals surface area contributed by atoms with Crippen molar-refractivity contribution in [2.45, 2.75) is 25.1 Å². The van der Waals surface area contributed by atoms with Gasteiger partial charge in [0.15, 0.2) is 11.0 Å². The number of benzene rings is 2. The number of nitrogens with one attached hydrogen (secondary N) is 1. The number of ether oxygens (including phenoxy) is 1. The summed E-state index contributed by atoms with van der Waals surface area (Å²) in [6, 6.07) is 15.0. The highest BCUT2D eigenvalue weighted by molar-refractivity contribution is 7.99. The summed E-state index contributed by atoms with van der Waals surface area (Å²) >= 11 is 7.16. The highest BCUT2D eigenvalue weighted by Gasteiger charge is 2.12. The van der Waals surface area contributed by atoms with Gasteiger partial charge in [-0.3, -0.25) is 4.79 Å². The number of carbonyl (C=O) groups excluding carboxylic acids is 1. The van der Waals surface area contributed by atoms with Gasteiger partial charge in [0.25, 0.3) is 0 Å². The number of halogens is 1. The molecule has 3 rings (SSSR count). The van der Waals surface area contributed by atoms with Crippen molar-refractivity contribution < 1.29 is 9.53 Å². The molecule has 0 aliphatic heterocycles. The van der Waals surface area contributed by atoms with Gasteiger partial charge in [0, 0.05) is 17.8 Å². The van der Waals surface area contributed by atoms with Crippen molar-refractivity contribution in [1.29, 1.82) is 0 Å². The normalized spacial score (nSPS) is 10.7. The molecule has 1 N–H and O–H groups in total. The highest BCUT2D eigenvalue weighted by Crippen LogP contribution is 2.19. The zero-order valence-corrected chi connectivity index (χ0v) is 17.3. The van der Waals surface area contributed by atoms with Gasteiger partial charge in [0.2, 0.25) is 5.91 Å². The summed E-state index contributed by atoms with van der Waals surface area (Å²) in [6.45, 7) is 2.43. The fraction of sp³-hybridized carbons (Fsp3) is 0.250. The van der Waals surface area contributed by atoms with E-state index in [1.54, 1.807) is 24.3 Å². The summed E-state index contributed by atoms with van der Waals surface area (Å²) < 4.78 is 7.61. The molecule has 146 valence electrons. The van der Waals surface area contributed by atoms with Gasteiger partial charge >= 0.3 is 0 Å². The minimum absolute atomic E-state index is 0.121. The van der Waals surface area contributed by atoms with Gasteiger partial charge in [-0.25, -0.2) is 0 Å². The first-order valence-corrected chi connectivity index (χ1v) is 10.2. The molecule has 0 aliphatic rings. The van der Waals surface area contributed by atoms with Gasteiger partial charge in [-0.05, 0) is 48.4 Å². The monoisotopic (exact) mass is 416 g/mol. The van der Waals surface area contributed by atoms with Crippen LogP contribution >= 0.6 is 23.4 Å². The molecule has 28 heavy (non-hydrogen) atoms. The molecule has 6 nitrogen and oxygen atoms in total. The number of nitrogens with zero attached hydrogens (tertiary/aromatic N) is 3. The molecule has 0 saturated heterocycles. The third kappa shape index (κ3) is 5.50. The Hall–Kier alpha value is -2.51. The molecule has 2 aromatic carbocycles. The van der Waals surface area contributed by atoms with Gasteiger partial charge in [-0.2, -0.15) is 0 Å². The van der Waals surface area contributed by atoms with Gasteiger partial charge in [0.1, 0.15) is 12.4 Å². The van der Waals surface area contributed by atoms with Crippen molar-refractivity contribution in [3.63, 3.8) is 0 Å². The van der Waals surface area contributed by atoms with E-state index in [-0.39, 0.29) is 11.7 Å². The average Bonchev–Trinajstić information content (AvgIpc) is 3.06. The Balaban J connectivity index is 1.50. The molecular formula is C20H21ClN4O2S. The van der Waals surface area contributed by atoms with Crippen LogP contribution in [-0.4, -0.2) is 26.4 Å². The van der Waals surface area contributed by atoms with E-state index in [0.717, 1.165) is 12.2 Å². The standard InChI is InChI=1S/C20H21ClN4O2S/c1-3-14-4-10-17(11-5-14)27-12-18-23-24-20(25(18)2)28-13-19(26)22-16-8-6-15(21)7-9-16/h4-11H,3,12-13H2,1-2H3,(H,22,26). The molecule has 1 aromatic heterocycles. The predicted octanol–water partition coefficient (Wildman–Crippen LogP) is 4.34. The number of carbonyl (C=O) groups is 1. The van der Waals surface area contributed by atoms with Crippen molar-refractivity contribution in [1.82, 2.24) is 14.8 Å². The Morgan fingerprint density at radius 2 is 1.86 bits per heavy atom. The van der Waals surface area contributed by atoms with Crippen LogP contribution in [0.1, 0.15) is 18.3 Å². The Morgan fingerprint density at radius 1 is 1.14 bits per heavy atom. The molecule has 0 aliphatic carbocycles. The van der Waals surface area contributed by atoms with Crippen LogP contribution in [0.15, 0.2) is 53.7 Å². The SMILES string of the molecule is CCc1ccc(OCc2nnc(SCC(=O)Nc3ccc(Cl)cc3)n2C)cc1. The molecule has 0 unspecified atom stereocenters. The summed E-state index contributed by atoms with van der Waals surface area (Å²) in [5.74, 6) is 1.59. The third-order valence-corrected chi connectivity index (χ3v) is 5.36. The number of thioether (sulfide) groups is 1. The number of amides is 1. The van der Waals surface area contributed by atoms with Crippen LogP contribution in [0.4, 0.5) is 5.69 Å². The molecule has 0 spiro atoms. The van der Waals surface area contributed by atoms with Crippen LogP contribution in [-0.2, 0) is 24.9 Å². The van der Waals surface area contributed by atoms with E-state index < -0.39 is 0 Å². The van der Waals surface area contributed by atoms with Crippen LogP contribution < -0.4 is 10.1 Å². The lowest BCUT2D eigenvalue weighted by molar-refractivity contribution is -0.113. The summed E-state index contributed by atoms with van der Waals surface area (Å²) in [5.41, 5.74) is 1.97. The predicted molar refractivity (Wildman–Crippen MR) is 112 cm³/mol. The van der Waals surface area contributed by atoms with E-state index in [1.807, 2.05) is 35.9 Å². The number of aryl methyl sites for hydroxylation is 1. The van der Waals surface area contributed by atoms with Gasteiger partial charge < -0.3 is 14.6 Å². The first-order chi connectivity index (χ1) is 13.5. The molecular weight excluding hydrogens is 396 g/mol. The second-order valence-corrected chi connectivity index (χ2v) is 7.47. The minimum Gasteiger partial charge on any atom is -0.486 e. The van der Waals surface area contributed by atoms with Gasteiger partial charge in [-0.1, -0.05) is 42.4 Å². The fourth-order valence-electron chi connectivity index (χ4n) is 2.43. The lowest BCUT2D eigenvalue weighted by Gasteiger charge is -2.07. The van der Waals surface area contributed by atoms with Crippen LogP contribution in [0.3, 0.4) is 0 Å². The summed E-state index contributed by atoms with van der Waals surface area (Å²) in [5, 5.41) is 12.4. The fourth-order valence-corrected chi connectivity index (χ4v) is 3.28. The summed E-state index contributed by atoms with van der Waals surface area (Å²) in [7, 11) is 1.86. The molecule has 1 amide bonds. The maximum Gasteiger partial charge on any atom is 0.234 e. The number of rotatable bonds is 8. The molecule has 0 fully saturated rings. The summed E-state index contributed by atoms with van der Waals surface area (Å²) in [6.07, 6.45) is 0.996. The van der Waals surface area contributed by atoms with Crippen molar-refractivity contribution in [2.75, 3.05) is 11.1 Å². The van der Waals surface area contributed by atoms with E-state index in [1.165, 1.54) is 17.3 Å². The zero-order chi connectivity index (χ0) is 19.9. The first-order valence-electron chi connectivity index (χ1n) is 8.83. The Labute approximate surface area is 173 Å². The lowest BCUT2D eigenvalue weighted by atomic mass is 10.2. The quantitative estimate of drug-likeness (QED) is 0.553. The first kappa shape index (κ1) is 20.2. The van der Waals surface area contributed by atoms with Crippen molar-refractivity contribution in [3.8, 4) is 5.75 Å². The summed E-state index contributed by atoms with van der Waals surface area (Å²) in [4.78, 5) is 12.1. The molecule has 8 heteroatoms. The smallest absolute Gasteiger partial charge is 0.234 e. The zero-order valence-electron chi connectivity index (χ0n) is 15.7. The van der Waals surface area contributed by atoms with E-state index >= 15 is 0 Å². The number of hydrogen-bond donors (Lipinski definition) is 1. The van der Waals surface area contributed by atoms with Gasteiger partial charge in [0.05, 0.1) is 5.75 Å². The Kier molecular flexibility index (Phi) is 6.95. The maximum absolute atomic E-state index is 12.1. The minimum atomic E-state index is -0.121. The van der Waals surface area contributed by atoms with Crippen LogP contribution in [0.2, 0.25) is 5.02 Å². The molecule has 1 heterocycles. The van der Waals surface area contributed by atoms with E-state index in [0.29, 0.717) is 28.3 Å². The van der Waals surface area contributed by atoms with Crippen LogP contribution in [0.25, 0.3) is 0 Å². The van der Waals surface area contributed by atoms with Crippen LogP contribution in [0.5, 0.6) is 5.75 Å². The molecule has 0 atom stereocenters. The van der Waals surface area contributed by atoms with Gasteiger partial charge in [-0.15, -0.1) is 10.2 Å². The van der Waals surface area contributed by atoms with E-state index in [9.17, 15) is 4.79 Å². The average molecular weight is 417 g/mol.